The standard InChI is InChI=1S/C28H26O2/c1-21-6-3-10-27(18-21)29-25-9-5-8-23(12-15-25)20-24-13-16-26(17-14-24)30-28-11-4-7-22(2)19-28/h3-4,6-19H,5,20H2,1-2H3. The van der Waals surface area contributed by atoms with Crippen molar-refractivity contribution >= 4 is 0 Å². The Hall–Kier alpha value is -3.52. The first-order valence-corrected chi connectivity index (χ1v) is 10.3. The van der Waals surface area contributed by atoms with Crippen molar-refractivity contribution in [1.29, 1.82) is 0 Å². The lowest BCUT2D eigenvalue weighted by atomic mass is 10.0. The number of rotatable bonds is 6. The summed E-state index contributed by atoms with van der Waals surface area (Å²) in [5.41, 5.74) is 4.92. The van der Waals surface area contributed by atoms with Crippen LogP contribution in [0, 0.1) is 13.8 Å². The summed E-state index contributed by atoms with van der Waals surface area (Å²) in [6.07, 6.45) is 10.3. The highest BCUT2D eigenvalue weighted by atomic mass is 16.5. The Bertz CT molecular complexity index is 1100. The molecule has 0 fully saturated rings. The lowest BCUT2D eigenvalue weighted by molar-refractivity contribution is 0.442. The molecule has 0 aromatic heterocycles. The lowest BCUT2D eigenvalue weighted by Crippen LogP contribution is -1.92. The quantitative estimate of drug-likeness (QED) is 0.431. The van der Waals surface area contributed by atoms with Gasteiger partial charge in [0.2, 0.25) is 0 Å². The Morgan fingerprint density at radius 3 is 2.00 bits per heavy atom. The van der Waals surface area contributed by atoms with Gasteiger partial charge in [0.1, 0.15) is 23.0 Å². The number of aryl methyl sites for hydroxylation is 2. The van der Waals surface area contributed by atoms with Crippen molar-refractivity contribution in [3.8, 4) is 17.2 Å². The second-order valence-corrected chi connectivity index (χ2v) is 7.61. The van der Waals surface area contributed by atoms with E-state index in [4.69, 9.17) is 9.47 Å². The largest absolute Gasteiger partial charge is 0.458 e. The summed E-state index contributed by atoms with van der Waals surface area (Å²) in [5, 5.41) is 0. The lowest BCUT2D eigenvalue weighted by Gasteiger charge is -2.08. The van der Waals surface area contributed by atoms with E-state index in [2.05, 4.69) is 62.4 Å². The van der Waals surface area contributed by atoms with E-state index in [0.29, 0.717) is 0 Å². The van der Waals surface area contributed by atoms with Crippen LogP contribution in [0.5, 0.6) is 17.2 Å². The third kappa shape index (κ3) is 5.51. The maximum atomic E-state index is 6.02. The van der Waals surface area contributed by atoms with Crippen LogP contribution >= 0.6 is 0 Å². The molecule has 0 amide bonds. The Morgan fingerprint density at radius 2 is 1.33 bits per heavy atom. The summed E-state index contributed by atoms with van der Waals surface area (Å²) in [7, 11) is 0. The van der Waals surface area contributed by atoms with Crippen LogP contribution < -0.4 is 9.47 Å². The topological polar surface area (TPSA) is 18.5 Å². The molecule has 1 aliphatic carbocycles. The number of hydrogen-bond acceptors (Lipinski definition) is 2. The van der Waals surface area contributed by atoms with Crippen LogP contribution in [0.3, 0.4) is 0 Å². The molecule has 0 radical (unpaired) electrons. The monoisotopic (exact) mass is 394 g/mol. The van der Waals surface area contributed by atoms with E-state index in [0.717, 1.165) is 35.8 Å². The van der Waals surface area contributed by atoms with Gasteiger partial charge < -0.3 is 9.47 Å². The first-order chi connectivity index (χ1) is 14.6. The number of hydrogen-bond donors (Lipinski definition) is 0. The summed E-state index contributed by atoms with van der Waals surface area (Å²) in [6, 6.07) is 24.5. The van der Waals surface area contributed by atoms with Crippen molar-refractivity contribution < 1.29 is 9.47 Å². The van der Waals surface area contributed by atoms with E-state index in [9.17, 15) is 0 Å². The van der Waals surface area contributed by atoms with Crippen LogP contribution in [0.25, 0.3) is 0 Å². The second-order valence-electron chi connectivity index (χ2n) is 7.61. The highest BCUT2D eigenvalue weighted by Crippen LogP contribution is 2.24. The molecule has 0 saturated carbocycles. The van der Waals surface area contributed by atoms with E-state index in [-0.39, 0.29) is 0 Å². The van der Waals surface area contributed by atoms with E-state index < -0.39 is 0 Å². The second kappa shape index (κ2) is 9.32. The summed E-state index contributed by atoms with van der Waals surface area (Å²) in [5.74, 6) is 3.47. The minimum absolute atomic E-state index is 0.852. The van der Waals surface area contributed by atoms with Crippen molar-refractivity contribution in [2.24, 2.45) is 0 Å². The molecule has 4 rings (SSSR count). The fourth-order valence-corrected chi connectivity index (χ4v) is 3.40. The van der Waals surface area contributed by atoms with Crippen molar-refractivity contribution in [2.75, 3.05) is 0 Å². The highest BCUT2D eigenvalue weighted by Gasteiger charge is 2.04. The summed E-state index contributed by atoms with van der Waals surface area (Å²) >= 11 is 0. The van der Waals surface area contributed by atoms with E-state index in [1.807, 2.05) is 48.5 Å². The Kier molecular flexibility index (Phi) is 6.14. The fourth-order valence-electron chi connectivity index (χ4n) is 3.40. The minimum atomic E-state index is 0.852. The number of allylic oxidation sites excluding steroid dienone is 5. The van der Waals surface area contributed by atoms with Gasteiger partial charge in [-0.1, -0.05) is 48.6 Å². The zero-order chi connectivity index (χ0) is 20.8. The Balaban J connectivity index is 1.36. The van der Waals surface area contributed by atoms with Gasteiger partial charge in [0.15, 0.2) is 0 Å². The van der Waals surface area contributed by atoms with Crippen LogP contribution in [0.2, 0.25) is 0 Å². The molecule has 30 heavy (non-hydrogen) atoms. The molecule has 0 N–H and O–H groups in total. The van der Waals surface area contributed by atoms with Crippen LogP contribution in [-0.4, -0.2) is 0 Å². The first-order valence-electron chi connectivity index (χ1n) is 10.3. The fraction of sp³-hybridized carbons (Fsp3) is 0.143. The van der Waals surface area contributed by atoms with E-state index in [1.165, 1.54) is 22.3 Å². The molecule has 3 aromatic rings. The van der Waals surface area contributed by atoms with Crippen LogP contribution in [0.15, 0.2) is 108 Å². The number of benzene rings is 3. The SMILES string of the molecule is Cc1cccc(OC2=CCC=C(Cc3ccc(Oc4cccc(C)c4)cc3)C=C2)c1. The van der Waals surface area contributed by atoms with Gasteiger partial charge in [-0.3, -0.25) is 0 Å². The molecule has 0 unspecified atom stereocenters. The van der Waals surface area contributed by atoms with Gasteiger partial charge >= 0.3 is 0 Å². The normalized spacial score (nSPS) is 13.3. The summed E-state index contributed by atoms with van der Waals surface area (Å²) in [4.78, 5) is 0. The van der Waals surface area contributed by atoms with Crippen molar-refractivity contribution in [1.82, 2.24) is 0 Å². The van der Waals surface area contributed by atoms with Gasteiger partial charge in [-0.2, -0.15) is 0 Å². The molecule has 0 bridgehead atoms. The van der Waals surface area contributed by atoms with Crippen LogP contribution in [0.1, 0.15) is 23.1 Å². The summed E-state index contributed by atoms with van der Waals surface area (Å²) in [6.45, 7) is 4.14. The van der Waals surface area contributed by atoms with Gasteiger partial charge in [-0.15, -0.1) is 0 Å². The smallest absolute Gasteiger partial charge is 0.127 e. The van der Waals surface area contributed by atoms with Crippen molar-refractivity contribution in [3.63, 3.8) is 0 Å². The third-order valence-corrected chi connectivity index (χ3v) is 4.94. The van der Waals surface area contributed by atoms with Crippen molar-refractivity contribution in [2.45, 2.75) is 26.7 Å². The zero-order valence-corrected chi connectivity index (χ0v) is 17.5. The van der Waals surface area contributed by atoms with Gasteiger partial charge in [-0.05, 0) is 97.5 Å². The Labute approximate surface area is 178 Å². The average molecular weight is 395 g/mol. The van der Waals surface area contributed by atoms with Gasteiger partial charge in [0, 0.05) is 0 Å². The highest BCUT2D eigenvalue weighted by molar-refractivity contribution is 5.39. The third-order valence-electron chi connectivity index (χ3n) is 4.94. The molecule has 150 valence electrons. The maximum absolute atomic E-state index is 6.02. The van der Waals surface area contributed by atoms with E-state index >= 15 is 0 Å². The predicted octanol–water partition coefficient (Wildman–Crippen LogP) is 7.49. The number of ether oxygens (including phenoxy) is 2. The van der Waals surface area contributed by atoms with Crippen molar-refractivity contribution in [3.05, 3.63) is 125 Å². The molecule has 0 aliphatic heterocycles. The molecule has 0 spiro atoms. The molecule has 2 heteroatoms. The predicted molar refractivity (Wildman–Crippen MR) is 123 cm³/mol. The molecule has 2 nitrogen and oxygen atoms in total. The first kappa shape index (κ1) is 19.8. The molecule has 0 heterocycles. The Morgan fingerprint density at radius 1 is 0.667 bits per heavy atom. The van der Waals surface area contributed by atoms with Crippen LogP contribution in [0.4, 0.5) is 0 Å². The molecular weight excluding hydrogens is 368 g/mol. The summed E-state index contributed by atoms with van der Waals surface area (Å²) < 4.78 is 12.0. The molecule has 3 aromatic carbocycles. The maximum Gasteiger partial charge on any atom is 0.127 e. The van der Waals surface area contributed by atoms with Gasteiger partial charge in [0.05, 0.1) is 0 Å². The van der Waals surface area contributed by atoms with Crippen LogP contribution in [-0.2, 0) is 6.42 Å². The zero-order valence-electron chi connectivity index (χ0n) is 17.5. The molecule has 0 saturated heterocycles. The average Bonchev–Trinajstić information content (AvgIpc) is 2.95. The van der Waals surface area contributed by atoms with Gasteiger partial charge in [-0.25, -0.2) is 0 Å². The molecular formula is C28H26O2. The molecule has 0 atom stereocenters. The van der Waals surface area contributed by atoms with E-state index in [1.54, 1.807) is 0 Å². The molecule has 1 aliphatic rings. The minimum Gasteiger partial charge on any atom is -0.458 e. The van der Waals surface area contributed by atoms with Gasteiger partial charge in [0.25, 0.3) is 0 Å².